The number of nitrogens with one attached hydrogen (secondary N) is 1. The van der Waals surface area contributed by atoms with E-state index < -0.39 is 0 Å². The lowest BCUT2D eigenvalue weighted by atomic mass is 10.2. The molecule has 1 aromatic heterocycles. The molecule has 0 spiro atoms. The summed E-state index contributed by atoms with van der Waals surface area (Å²) >= 11 is 1.68. The fourth-order valence-corrected chi connectivity index (χ4v) is 2.62. The molecule has 21 heavy (non-hydrogen) atoms. The normalized spacial score (nSPS) is 10.7. The zero-order valence-electron chi connectivity index (χ0n) is 12.7. The minimum absolute atomic E-state index is 0.628. The Balaban J connectivity index is 2.07. The molecule has 0 unspecified atom stereocenters. The Labute approximate surface area is 128 Å². The summed E-state index contributed by atoms with van der Waals surface area (Å²) in [7, 11) is 5.15. The summed E-state index contributed by atoms with van der Waals surface area (Å²) in [5.41, 5.74) is 1.16. The van der Waals surface area contributed by atoms with E-state index in [1.54, 1.807) is 37.0 Å². The first-order valence-electron chi connectivity index (χ1n) is 6.52. The third-order valence-corrected chi connectivity index (χ3v) is 3.85. The van der Waals surface area contributed by atoms with Crippen LogP contribution in [-0.2, 0) is 20.1 Å². The van der Waals surface area contributed by atoms with Crippen molar-refractivity contribution in [3.05, 3.63) is 29.8 Å². The second kappa shape index (κ2) is 7.33. The molecule has 0 amide bonds. The number of benzene rings is 1. The van der Waals surface area contributed by atoms with Crippen LogP contribution < -0.4 is 14.8 Å². The van der Waals surface area contributed by atoms with Gasteiger partial charge in [-0.15, -0.1) is 11.8 Å². The van der Waals surface area contributed by atoms with Crippen LogP contribution in [0.4, 0.5) is 0 Å². The molecular weight excluding hydrogens is 288 g/mol. The van der Waals surface area contributed by atoms with Crippen molar-refractivity contribution >= 4 is 11.8 Å². The molecule has 0 aliphatic rings. The highest BCUT2D eigenvalue weighted by atomic mass is 32.2. The first-order valence-corrected chi connectivity index (χ1v) is 7.74. The standard InChI is InChI=1S/C14H20N4O2S/c1-18-9-16-14(17-18)8-15-7-10-5-11(19-2)12(20-3)6-13(10)21-4/h5-6,9,15H,7-8H2,1-4H3. The van der Waals surface area contributed by atoms with Gasteiger partial charge in [0.15, 0.2) is 17.3 Å². The highest BCUT2D eigenvalue weighted by Gasteiger charge is 2.10. The molecule has 1 N–H and O–H groups in total. The van der Waals surface area contributed by atoms with Gasteiger partial charge in [0, 0.05) is 18.5 Å². The molecule has 114 valence electrons. The maximum absolute atomic E-state index is 5.35. The summed E-state index contributed by atoms with van der Waals surface area (Å²) in [6, 6.07) is 4.00. The number of methoxy groups -OCH3 is 2. The molecule has 0 radical (unpaired) electrons. The SMILES string of the molecule is COc1cc(CNCc2ncn(C)n2)c(SC)cc1OC. The molecule has 6 nitrogen and oxygen atoms in total. The second-order valence-corrected chi connectivity index (χ2v) is 5.31. The first kappa shape index (κ1) is 15.7. The van der Waals surface area contributed by atoms with Crippen LogP contribution in [0.1, 0.15) is 11.4 Å². The van der Waals surface area contributed by atoms with Crippen molar-refractivity contribution in [1.29, 1.82) is 0 Å². The van der Waals surface area contributed by atoms with Crippen molar-refractivity contribution in [2.24, 2.45) is 7.05 Å². The smallest absolute Gasteiger partial charge is 0.164 e. The van der Waals surface area contributed by atoms with Crippen LogP contribution in [0, 0.1) is 0 Å². The summed E-state index contributed by atoms with van der Waals surface area (Å²) in [5.74, 6) is 2.27. The van der Waals surface area contributed by atoms with Gasteiger partial charge in [-0.1, -0.05) is 0 Å². The lowest BCUT2D eigenvalue weighted by Gasteiger charge is -2.14. The number of aryl methyl sites for hydroxylation is 1. The molecule has 0 bridgehead atoms. The Kier molecular flexibility index (Phi) is 5.46. The van der Waals surface area contributed by atoms with Crippen LogP contribution in [0.3, 0.4) is 0 Å². The van der Waals surface area contributed by atoms with Gasteiger partial charge in [-0.3, -0.25) is 4.68 Å². The molecule has 2 aromatic rings. The van der Waals surface area contributed by atoms with Crippen molar-refractivity contribution < 1.29 is 9.47 Å². The van der Waals surface area contributed by atoms with Gasteiger partial charge in [-0.05, 0) is 24.0 Å². The topological polar surface area (TPSA) is 61.2 Å². The van der Waals surface area contributed by atoms with E-state index in [0.717, 1.165) is 34.3 Å². The minimum atomic E-state index is 0.628. The first-order chi connectivity index (χ1) is 10.2. The van der Waals surface area contributed by atoms with Crippen molar-refractivity contribution in [2.75, 3.05) is 20.5 Å². The molecule has 0 aliphatic heterocycles. The van der Waals surface area contributed by atoms with Crippen LogP contribution in [0.25, 0.3) is 0 Å². The van der Waals surface area contributed by atoms with E-state index in [4.69, 9.17) is 9.47 Å². The van der Waals surface area contributed by atoms with Crippen molar-refractivity contribution in [3.8, 4) is 11.5 Å². The van der Waals surface area contributed by atoms with Crippen LogP contribution in [-0.4, -0.2) is 35.2 Å². The summed E-state index contributed by atoms with van der Waals surface area (Å²) in [6.45, 7) is 1.35. The van der Waals surface area contributed by atoms with Gasteiger partial charge >= 0.3 is 0 Å². The maximum atomic E-state index is 5.35. The lowest BCUT2D eigenvalue weighted by Crippen LogP contribution is -2.14. The van der Waals surface area contributed by atoms with Gasteiger partial charge in [0.1, 0.15) is 6.33 Å². The Hall–Kier alpha value is -1.73. The number of aromatic nitrogens is 3. The number of ether oxygens (including phenoxy) is 2. The van der Waals surface area contributed by atoms with E-state index >= 15 is 0 Å². The third kappa shape index (κ3) is 3.89. The summed E-state index contributed by atoms with van der Waals surface area (Å²) in [4.78, 5) is 5.35. The second-order valence-electron chi connectivity index (χ2n) is 4.46. The van der Waals surface area contributed by atoms with Gasteiger partial charge in [-0.2, -0.15) is 5.10 Å². The molecule has 1 aromatic carbocycles. The van der Waals surface area contributed by atoms with Gasteiger partial charge in [-0.25, -0.2) is 4.98 Å². The van der Waals surface area contributed by atoms with Crippen molar-refractivity contribution in [3.63, 3.8) is 0 Å². The molecule has 0 atom stereocenters. The average Bonchev–Trinajstić information content (AvgIpc) is 2.92. The van der Waals surface area contributed by atoms with Crippen molar-refractivity contribution in [2.45, 2.75) is 18.0 Å². The Morgan fingerprint density at radius 2 is 1.90 bits per heavy atom. The highest BCUT2D eigenvalue weighted by Crippen LogP contribution is 2.34. The summed E-state index contributed by atoms with van der Waals surface area (Å²) in [6.07, 6.45) is 3.74. The van der Waals surface area contributed by atoms with Crippen LogP contribution >= 0.6 is 11.8 Å². The van der Waals surface area contributed by atoms with E-state index in [-0.39, 0.29) is 0 Å². The molecule has 0 fully saturated rings. The number of hydrogen-bond donors (Lipinski definition) is 1. The quantitative estimate of drug-likeness (QED) is 0.788. The van der Waals surface area contributed by atoms with Gasteiger partial charge in [0.2, 0.25) is 0 Å². The average molecular weight is 308 g/mol. The van der Waals surface area contributed by atoms with Gasteiger partial charge in [0.05, 0.1) is 20.8 Å². The fourth-order valence-electron chi connectivity index (χ4n) is 2.00. The number of nitrogens with zero attached hydrogens (tertiary/aromatic N) is 3. The number of hydrogen-bond acceptors (Lipinski definition) is 6. The predicted octanol–water partition coefficient (Wildman–Crippen LogP) is 1.84. The van der Waals surface area contributed by atoms with E-state index in [1.165, 1.54) is 0 Å². The molecule has 1 heterocycles. The molecule has 0 saturated heterocycles. The van der Waals surface area contributed by atoms with Gasteiger partial charge in [0.25, 0.3) is 0 Å². The monoisotopic (exact) mass is 308 g/mol. The Morgan fingerprint density at radius 3 is 2.48 bits per heavy atom. The summed E-state index contributed by atoms with van der Waals surface area (Å²) in [5, 5.41) is 7.59. The van der Waals surface area contributed by atoms with E-state index in [2.05, 4.69) is 15.4 Å². The van der Waals surface area contributed by atoms with Crippen LogP contribution in [0.15, 0.2) is 23.4 Å². The maximum Gasteiger partial charge on any atom is 0.164 e. The zero-order chi connectivity index (χ0) is 15.2. The largest absolute Gasteiger partial charge is 0.493 e. The Morgan fingerprint density at radius 1 is 1.19 bits per heavy atom. The minimum Gasteiger partial charge on any atom is -0.493 e. The molecular formula is C14H20N4O2S. The van der Waals surface area contributed by atoms with Crippen molar-refractivity contribution in [1.82, 2.24) is 20.1 Å². The lowest BCUT2D eigenvalue weighted by molar-refractivity contribution is 0.353. The van der Waals surface area contributed by atoms with Gasteiger partial charge < -0.3 is 14.8 Å². The van der Waals surface area contributed by atoms with E-state index in [1.807, 2.05) is 25.4 Å². The van der Waals surface area contributed by atoms with Crippen LogP contribution in [0.5, 0.6) is 11.5 Å². The third-order valence-electron chi connectivity index (χ3n) is 3.03. The molecule has 0 aliphatic carbocycles. The number of thioether (sulfide) groups is 1. The predicted molar refractivity (Wildman–Crippen MR) is 82.9 cm³/mol. The van der Waals surface area contributed by atoms with E-state index in [9.17, 15) is 0 Å². The summed E-state index contributed by atoms with van der Waals surface area (Å²) < 4.78 is 12.4. The van der Waals surface area contributed by atoms with E-state index in [0.29, 0.717) is 6.54 Å². The van der Waals surface area contributed by atoms with Crippen LogP contribution in [0.2, 0.25) is 0 Å². The molecule has 2 rings (SSSR count). The Bertz CT molecular complexity index is 601. The number of rotatable bonds is 7. The molecule has 0 saturated carbocycles. The molecule has 7 heteroatoms. The highest BCUT2D eigenvalue weighted by molar-refractivity contribution is 7.98. The fraction of sp³-hybridized carbons (Fsp3) is 0.429. The zero-order valence-corrected chi connectivity index (χ0v) is 13.5.